The number of hydrogen-bond donors (Lipinski definition) is 0. The van der Waals surface area contributed by atoms with Crippen LogP contribution in [0.1, 0.15) is 0 Å². The molecule has 3 aromatic rings. The number of ether oxygens (including phenoxy) is 1. The lowest BCUT2D eigenvalue weighted by Crippen LogP contribution is -2.52. The van der Waals surface area contributed by atoms with Crippen LogP contribution in [0.2, 0.25) is 0 Å². The SMILES string of the molecule is O=C(N1CCN(c2ccc([N+](=O)[O-])cc2)CC1)N1c2ccccc2Oc2ccccc21. The molecule has 1 fully saturated rings. The van der Waals surface area contributed by atoms with Crippen LogP contribution >= 0.6 is 0 Å². The highest BCUT2D eigenvalue weighted by atomic mass is 16.6. The molecule has 156 valence electrons. The summed E-state index contributed by atoms with van der Waals surface area (Å²) < 4.78 is 5.98. The Kier molecular flexibility index (Phi) is 4.66. The fourth-order valence-corrected chi connectivity index (χ4v) is 3.99. The maximum atomic E-state index is 13.5. The van der Waals surface area contributed by atoms with Crippen LogP contribution in [0.5, 0.6) is 11.5 Å². The first-order valence-electron chi connectivity index (χ1n) is 10.1. The summed E-state index contributed by atoms with van der Waals surface area (Å²) in [6.45, 7) is 2.41. The van der Waals surface area contributed by atoms with Gasteiger partial charge < -0.3 is 14.5 Å². The summed E-state index contributed by atoms with van der Waals surface area (Å²) in [5, 5.41) is 10.9. The molecular weight excluding hydrogens is 396 g/mol. The van der Waals surface area contributed by atoms with Crippen molar-refractivity contribution in [3.05, 3.63) is 82.9 Å². The molecule has 0 aliphatic carbocycles. The molecule has 2 aliphatic heterocycles. The highest BCUT2D eigenvalue weighted by molar-refractivity contribution is 6.03. The lowest BCUT2D eigenvalue weighted by molar-refractivity contribution is -0.384. The minimum Gasteiger partial charge on any atom is -0.453 e. The Morgan fingerprint density at radius 3 is 1.90 bits per heavy atom. The third kappa shape index (κ3) is 3.42. The van der Waals surface area contributed by atoms with Crippen molar-refractivity contribution in [3.8, 4) is 11.5 Å². The Hall–Kier alpha value is -4.07. The Balaban J connectivity index is 1.35. The molecule has 31 heavy (non-hydrogen) atoms. The van der Waals surface area contributed by atoms with Crippen molar-refractivity contribution in [2.45, 2.75) is 0 Å². The molecule has 2 amide bonds. The van der Waals surface area contributed by atoms with Gasteiger partial charge in [0.05, 0.1) is 16.3 Å². The summed E-state index contributed by atoms with van der Waals surface area (Å²) in [5.74, 6) is 1.30. The Bertz CT molecular complexity index is 1090. The first kappa shape index (κ1) is 18.9. The van der Waals surface area contributed by atoms with E-state index in [1.165, 1.54) is 12.1 Å². The zero-order valence-electron chi connectivity index (χ0n) is 16.7. The van der Waals surface area contributed by atoms with Gasteiger partial charge in [-0.2, -0.15) is 0 Å². The van der Waals surface area contributed by atoms with E-state index in [-0.39, 0.29) is 11.7 Å². The van der Waals surface area contributed by atoms with Gasteiger partial charge in [0.2, 0.25) is 0 Å². The van der Waals surface area contributed by atoms with E-state index in [1.807, 2.05) is 53.4 Å². The number of nitro benzene ring substituents is 1. The molecule has 0 spiro atoms. The summed E-state index contributed by atoms with van der Waals surface area (Å²) in [4.78, 5) is 29.7. The lowest BCUT2D eigenvalue weighted by Gasteiger charge is -2.40. The van der Waals surface area contributed by atoms with Crippen molar-refractivity contribution in [2.75, 3.05) is 36.0 Å². The van der Waals surface area contributed by atoms with Crippen molar-refractivity contribution in [1.82, 2.24) is 4.90 Å². The molecule has 0 N–H and O–H groups in total. The number of nitro groups is 1. The predicted molar refractivity (Wildman–Crippen MR) is 117 cm³/mol. The van der Waals surface area contributed by atoms with E-state index in [9.17, 15) is 14.9 Å². The largest absolute Gasteiger partial charge is 0.453 e. The number of para-hydroxylation sites is 4. The first-order chi connectivity index (χ1) is 15.1. The molecule has 1 saturated heterocycles. The summed E-state index contributed by atoms with van der Waals surface area (Å²) in [7, 11) is 0. The monoisotopic (exact) mass is 416 g/mol. The standard InChI is InChI=1S/C23H20N4O4/c28-23(25-15-13-24(14-16-25)17-9-11-18(12-10-17)27(29)30)26-19-5-1-3-7-21(19)31-22-8-4-2-6-20(22)26/h1-12H,13-16H2. The van der Waals surface area contributed by atoms with Crippen LogP contribution in [0.3, 0.4) is 0 Å². The molecule has 0 aromatic heterocycles. The van der Waals surface area contributed by atoms with E-state index < -0.39 is 4.92 Å². The van der Waals surface area contributed by atoms with Crippen LogP contribution < -0.4 is 14.5 Å². The van der Waals surface area contributed by atoms with Gasteiger partial charge in [0.25, 0.3) is 5.69 Å². The maximum Gasteiger partial charge on any atom is 0.329 e. The number of fused-ring (bicyclic) bond motifs is 2. The number of hydrogen-bond acceptors (Lipinski definition) is 5. The molecule has 3 aromatic carbocycles. The van der Waals surface area contributed by atoms with Crippen molar-refractivity contribution in [3.63, 3.8) is 0 Å². The van der Waals surface area contributed by atoms with Gasteiger partial charge in [0.15, 0.2) is 11.5 Å². The second-order valence-corrected chi connectivity index (χ2v) is 7.40. The minimum atomic E-state index is -0.404. The lowest BCUT2D eigenvalue weighted by atomic mass is 10.1. The van der Waals surface area contributed by atoms with Gasteiger partial charge in [0, 0.05) is 44.0 Å². The zero-order chi connectivity index (χ0) is 21.4. The third-order valence-corrected chi connectivity index (χ3v) is 5.60. The molecule has 2 heterocycles. The van der Waals surface area contributed by atoms with Gasteiger partial charge in [-0.25, -0.2) is 4.79 Å². The number of urea groups is 1. The Labute approximate surface area is 179 Å². The molecule has 0 saturated carbocycles. The van der Waals surface area contributed by atoms with E-state index in [0.717, 1.165) is 17.1 Å². The number of anilines is 3. The normalized spacial score (nSPS) is 15.0. The molecule has 0 radical (unpaired) electrons. The van der Waals surface area contributed by atoms with Gasteiger partial charge in [-0.3, -0.25) is 15.0 Å². The molecule has 8 nitrogen and oxygen atoms in total. The molecular formula is C23H20N4O4. The average Bonchev–Trinajstić information content (AvgIpc) is 2.82. The molecule has 0 bridgehead atoms. The van der Waals surface area contributed by atoms with Crippen molar-refractivity contribution < 1.29 is 14.5 Å². The number of carbonyl (C=O) groups excluding carboxylic acids is 1. The number of amides is 2. The van der Waals surface area contributed by atoms with E-state index >= 15 is 0 Å². The highest BCUT2D eigenvalue weighted by Crippen LogP contribution is 2.46. The minimum absolute atomic E-state index is 0.0715. The van der Waals surface area contributed by atoms with E-state index in [1.54, 1.807) is 17.0 Å². The summed E-state index contributed by atoms with van der Waals surface area (Å²) in [6.07, 6.45) is 0. The van der Waals surface area contributed by atoms with Gasteiger partial charge in [-0.1, -0.05) is 24.3 Å². The topological polar surface area (TPSA) is 79.2 Å². The fourth-order valence-electron chi connectivity index (χ4n) is 3.99. The Morgan fingerprint density at radius 1 is 0.806 bits per heavy atom. The van der Waals surface area contributed by atoms with Crippen LogP contribution in [0.25, 0.3) is 0 Å². The zero-order valence-corrected chi connectivity index (χ0v) is 16.7. The van der Waals surface area contributed by atoms with Gasteiger partial charge in [-0.15, -0.1) is 0 Å². The van der Waals surface area contributed by atoms with E-state index in [0.29, 0.717) is 37.7 Å². The fraction of sp³-hybridized carbons (Fsp3) is 0.174. The summed E-state index contributed by atoms with van der Waals surface area (Å²) >= 11 is 0. The number of carbonyl (C=O) groups is 1. The van der Waals surface area contributed by atoms with E-state index in [2.05, 4.69) is 4.90 Å². The molecule has 8 heteroatoms. The summed E-state index contributed by atoms with van der Waals surface area (Å²) in [5.41, 5.74) is 2.44. The number of piperazine rings is 1. The number of rotatable bonds is 2. The highest BCUT2D eigenvalue weighted by Gasteiger charge is 2.33. The third-order valence-electron chi connectivity index (χ3n) is 5.60. The summed E-state index contributed by atoms with van der Waals surface area (Å²) in [6, 6.07) is 21.5. The average molecular weight is 416 g/mol. The second-order valence-electron chi connectivity index (χ2n) is 7.40. The predicted octanol–water partition coefficient (Wildman–Crippen LogP) is 4.78. The van der Waals surface area contributed by atoms with Crippen LogP contribution in [0.15, 0.2) is 72.8 Å². The molecule has 5 rings (SSSR count). The number of nitrogens with zero attached hydrogens (tertiary/aromatic N) is 4. The quantitative estimate of drug-likeness (QED) is 0.444. The second kappa shape index (κ2) is 7.64. The molecule has 2 aliphatic rings. The smallest absolute Gasteiger partial charge is 0.329 e. The van der Waals surface area contributed by atoms with Crippen LogP contribution in [0, 0.1) is 10.1 Å². The van der Waals surface area contributed by atoms with Crippen molar-refractivity contribution in [1.29, 1.82) is 0 Å². The van der Waals surface area contributed by atoms with Crippen LogP contribution in [-0.4, -0.2) is 42.0 Å². The maximum absolute atomic E-state index is 13.5. The first-order valence-corrected chi connectivity index (χ1v) is 10.1. The Morgan fingerprint density at radius 2 is 1.35 bits per heavy atom. The van der Waals surface area contributed by atoms with Crippen LogP contribution in [0.4, 0.5) is 27.5 Å². The van der Waals surface area contributed by atoms with Gasteiger partial charge in [-0.05, 0) is 36.4 Å². The van der Waals surface area contributed by atoms with Crippen LogP contribution in [-0.2, 0) is 0 Å². The molecule has 0 atom stereocenters. The van der Waals surface area contributed by atoms with Crippen molar-refractivity contribution >= 4 is 28.8 Å². The van der Waals surface area contributed by atoms with E-state index in [4.69, 9.17) is 4.74 Å². The van der Waals surface area contributed by atoms with Gasteiger partial charge >= 0.3 is 6.03 Å². The van der Waals surface area contributed by atoms with Gasteiger partial charge in [0.1, 0.15) is 0 Å². The van der Waals surface area contributed by atoms with Crippen molar-refractivity contribution in [2.24, 2.45) is 0 Å². The number of benzene rings is 3. The number of non-ortho nitro benzene ring substituents is 1. The molecule has 0 unspecified atom stereocenters.